The predicted molar refractivity (Wildman–Crippen MR) is 80.5 cm³/mol. The Morgan fingerprint density at radius 1 is 1.42 bits per heavy atom. The van der Waals surface area contributed by atoms with Gasteiger partial charge in [0.25, 0.3) is 5.91 Å². The van der Waals surface area contributed by atoms with E-state index in [4.69, 9.17) is 4.74 Å². The first kappa shape index (κ1) is 16.2. The SMILES string of the molecule is COCC(NC(=O)c1cc(Br)cn1C(C)C)C(C)C. The van der Waals surface area contributed by atoms with Crippen LogP contribution < -0.4 is 5.32 Å². The van der Waals surface area contributed by atoms with Gasteiger partial charge in [0.15, 0.2) is 0 Å². The molecular weight excluding hydrogens is 308 g/mol. The monoisotopic (exact) mass is 330 g/mol. The van der Waals surface area contributed by atoms with Gasteiger partial charge in [-0.3, -0.25) is 4.79 Å². The van der Waals surface area contributed by atoms with Crippen molar-refractivity contribution < 1.29 is 9.53 Å². The van der Waals surface area contributed by atoms with Crippen molar-refractivity contribution in [3.63, 3.8) is 0 Å². The lowest BCUT2D eigenvalue weighted by atomic mass is 10.1. The lowest BCUT2D eigenvalue weighted by Gasteiger charge is -2.22. The maximum atomic E-state index is 12.4. The maximum Gasteiger partial charge on any atom is 0.268 e. The third kappa shape index (κ3) is 4.35. The molecule has 19 heavy (non-hydrogen) atoms. The minimum absolute atomic E-state index is 0.0202. The molecule has 0 radical (unpaired) electrons. The molecule has 0 fully saturated rings. The van der Waals surface area contributed by atoms with E-state index in [2.05, 4.69) is 48.9 Å². The van der Waals surface area contributed by atoms with Gasteiger partial charge in [-0.05, 0) is 41.8 Å². The first-order valence-corrected chi connectivity index (χ1v) is 7.33. The Labute approximate surface area is 123 Å². The molecule has 1 aromatic rings. The molecule has 0 aliphatic heterocycles. The van der Waals surface area contributed by atoms with E-state index in [-0.39, 0.29) is 18.0 Å². The van der Waals surface area contributed by atoms with Crippen LogP contribution in [0, 0.1) is 5.92 Å². The van der Waals surface area contributed by atoms with Crippen molar-refractivity contribution in [2.24, 2.45) is 5.92 Å². The van der Waals surface area contributed by atoms with Gasteiger partial charge in [-0.2, -0.15) is 0 Å². The summed E-state index contributed by atoms with van der Waals surface area (Å²) in [6.45, 7) is 8.77. The van der Waals surface area contributed by atoms with E-state index in [9.17, 15) is 4.79 Å². The molecule has 0 aliphatic carbocycles. The van der Waals surface area contributed by atoms with Gasteiger partial charge in [0.2, 0.25) is 0 Å². The number of ether oxygens (including phenoxy) is 1. The largest absolute Gasteiger partial charge is 0.383 e. The number of amides is 1. The van der Waals surface area contributed by atoms with E-state index in [1.807, 2.05) is 16.8 Å². The maximum absolute atomic E-state index is 12.4. The number of hydrogen-bond donors (Lipinski definition) is 1. The summed E-state index contributed by atoms with van der Waals surface area (Å²) in [4.78, 5) is 12.4. The zero-order valence-corrected chi connectivity index (χ0v) is 13.8. The minimum atomic E-state index is -0.0600. The van der Waals surface area contributed by atoms with Crippen molar-refractivity contribution in [1.29, 1.82) is 0 Å². The molecule has 1 rings (SSSR count). The van der Waals surface area contributed by atoms with Crippen LogP contribution in [0.3, 0.4) is 0 Å². The molecule has 108 valence electrons. The number of aromatic nitrogens is 1. The van der Waals surface area contributed by atoms with Gasteiger partial charge in [0, 0.05) is 23.8 Å². The van der Waals surface area contributed by atoms with Gasteiger partial charge in [-0.25, -0.2) is 0 Å². The topological polar surface area (TPSA) is 43.3 Å². The summed E-state index contributed by atoms with van der Waals surface area (Å²) in [6, 6.07) is 2.11. The number of halogens is 1. The Kier molecular flexibility index (Phi) is 6.07. The summed E-state index contributed by atoms with van der Waals surface area (Å²) in [5.74, 6) is 0.268. The molecule has 0 saturated heterocycles. The number of carbonyl (C=O) groups is 1. The second kappa shape index (κ2) is 7.10. The molecule has 1 atom stereocenters. The summed E-state index contributed by atoms with van der Waals surface area (Å²) in [5.41, 5.74) is 0.670. The average molecular weight is 331 g/mol. The molecule has 1 N–H and O–H groups in total. The highest BCUT2D eigenvalue weighted by Crippen LogP contribution is 2.19. The van der Waals surface area contributed by atoms with Crippen LogP contribution in [-0.4, -0.2) is 30.2 Å². The van der Waals surface area contributed by atoms with Crippen molar-refractivity contribution in [2.75, 3.05) is 13.7 Å². The molecule has 4 nitrogen and oxygen atoms in total. The lowest BCUT2D eigenvalue weighted by molar-refractivity contribution is 0.0856. The van der Waals surface area contributed by atoms with E-state index < -0.39 is 0 Å². The first-order valence-electron chi connectivity index (χ1n) is 6.54. The zero-order chi connectivity index (χ0) is 14.6. The van der Waals surface area contributed by atoms with Crippen LogP contribution in [0.2, 0.25) is 0 Å². The molecule has 1 unspecified atom stereocenters. The fourth-order valence-electron chi connectivity index (χ4n) is 1.88. The molecule has 0 aromatic carbocycles. The molecule has 0 aliphatic rings. The predicted octanol–water partition coefficient (Wildman–Crippen LogP) is 3.23. The third-order valence-electron chi connectivity index (χ3n) is 3.07. The van der Waals surface area contributed by atoms with Crippen molar-refractivity contribution >= 4 is 21.8 Å². The average Bonchev–Trinajstić information content (AvgIpc) is 2.70. The lowest BCUT2D eigenvalue weighted by Crippen LogP contribution is -2.42. The van der Waals surface area contributed by atoms with Gasteiger partial charge in [0.1, 0.15) is 5.69 Å². The van der Waals surface area contributed by atoms with Crippen LogP contribution in [0.5, 0.6) is 0 Å². The van der Waals surface area contributed by atoms with Gasteiger partial charge in [-0.15, -0.1) is 0 Å². The van der Waals surface area contributed by atoms with Gasteiger partial charge in [-0.1, -0.05) is 13.8 Å². The van der Waals surface area contributed by atoms with Crippen molar-refractivity contribution in [3.8, 4) is 0 Å². The standard InChI is InChI=1S/C14H23BrN2O2/c1-9(2)12(8-19-5)16-14(18)13-6-11(15)7-17(13)10(3)4/h6-7,9-10,12H,8H2,1-5H3,(H,16,18). The van der Waals surface area contributed by atoms with Crippen molar-refractivity contribution in [3.05, 3.63) is 22.4 Å². The Morgan fingerprint density at radius 2 is 2.05 bits per heavy atom. The zero-order valence-electron chi connectivity index (χ0n) is 12.2. The molecule has 1 aromatic heterocycles. The van der Waals surface area contributed by atoms with E-state index in [1.165, 1.54) is 0 Å². The number of carbonyl (C=O) groups excluding carboxylic acids is 1. The third-order valence-corrected chi connectivity index (χ3v) is 3.51. The highest BCUT2D eigenvalue weighted by atomic mass is 79.9. The number of methoxy groups -OCH3 is 1. The van der Waals surface area contributed by atoms with E-state index in [1.54, 1.807) is 7.11 Å². The number of nitrogens with zero attached hydrogens (tertiary/aromatic N) is 1. The van der Waals surface area contributed by atoms with Crippen molar-refractivity contribution in [1.82, 2.24) is 9.88 Å². The minimum Gasteiger partial charge on any atom is -0.383 e. The summed E-state index contributed by atoms with van der Waals surface area (Å²) >= 11 is 3.42. The summed E-state index contributed by atoms with van der Waals surface area (Å²) in [6.07, 6.45) is 1.93. The van der Waals surface area contributed by atoms with Gasteiger partial charge in [0.05, 0.1) is 12.6 Å². The van der Waals surface area contributed by atoms with E-state index in [0.717, 1.165) is 4.47 Å². The Morgan fingerprint density at radius 3 is 2.53 bits per heavy atom. The van der Waals surface area contributed by atoms with Gasteiger partial charge < -0.3 is 14.6 Å². The highest BCUT2D eigenvalue weighted by Gasteiger charge is 2.20. The Bertz CT molecular complexity index is 427. The van der Waals surface area contributed by atoms with Crippen molar-refractivity contribution in [2.45, 2.75) is 39.8 Å². The molecule has 0 saturated carbocycles. The second-order valence-corrected chi connectivity index (χ2v) is 6.24. The highest BCUT2D eigenvalue weighted by molar-refractivity contribution is 9.10. The molecule has 1 heterocycles. The van der Waals surface area contributed by atoms with E-state index >= 15 is 0 Å². The number of rotatable bonds is 6. The van der Waals surface area contributed by atoms with Crippen LogP contribution in [-0.2, 0) is 4.74 Å². The van der Waals surface area contributed by atoms with Crippen LogP contribution in [0.15, 0.2) is 16.7 Å². The molecule has 0 bridgehead atoms. The molecular formula is C14H23BrN2O2. The van der Waals surface area contributed by atoms with Crippen LogP contribution in [0.25, 0.3) is 0 Å². The smallest absolute Gasteiger partial charge is 0.268 e. The second-order valence-electron chi connectivity index (χ2n) is 5.32. The van der Waals surface area contributed by atoms with Crippen LogP contribution in [0.4, 0.5) is 0 Å². The Balaban J connectivity index is 2.88. The fraction of sp³-hybridized carbons (Fsp3) is 0.643. The summed E-state index contributed by atoms with van der Waals surface area (Å²) in [7, 11) is 1.65. The normalized spacial score (nSPS) is 13.1. The molecule has 1 amide bonds. The van der Waals surface area contributed by atoms with Crippen LogP contribution in [0.1, 0.15) is 44.2 Å². The van der Waals surface area contributed by atoms with Gasteiger partial charge >= 0.3 is 0 Å². The first-order chi connectivity index (χ1) is 8.86. The summed E-state index contributed by atoms with van der Waals surface area (Å²) in [5, 5.41) is 3.04. The summed E-state index contributed by atoms with van der Waals surface area (Å²) < 4.78 is 8.03. The number of hydrogen-bond acceptors (Lipinski definition) is 2. The number of nitrogens with one attached hydrogen (secondary N) is 1. The Hall–Kier alpha value is -0.810. The van der Waals surface area contributed by atoms with Crippen LogP contribution >= 0.6 is 15.9 Å². The quantitative estimate of drug-likeness (QED) is 0.870. The fourth-order valence-corrected chi connectivity index (χ4v) is 2.31. The van der Waals surface area contributed by atoms with E-state index in [0.29, 0.717) is 18.2 Å². The molecule has 5 heteroatoms. The molecule has 0 spiro atoms.